The van der Waals surface area contributed by atoms with Crippen LogP contribution in [-0.4, -0.2) is 46.3 Å². The first-order chi connectivity index (χ1) is 11.8. The highest BCUT2D eigenvalue weighted by molar-refractivity contribution is 14.0. The molecule has 0 amide bonds. The van der Waals surface area contributed by atoms with Crippen LogP contribution in [0, 0.1) is 0 Å². The fourth-order valence-corrected chi connectivity index (χ4v) is 3.16. The molecule has 0 aliphatic carbocycles. The molecule has 6 nitrogen and oxygen atoms in total. The highest BCUT2D eigenvalue weighted by Gasteiger charge is 2.22. The number of benzene rings is 1. The molecule has 3 rings (SSSR count). The van der Waals surface area contributed by atoms with E-state index in [-0.39, 0.29) is 24.0 Å². The molecule has 1 unspecified atom stereocenters. The summed E-state index contributed by atoms with van der Waals surface area (Å²) >= 11 is 0. The van der Waals surface area contributed by atoms with Gasteiger partial charge in [0.2, 0.25) is 0 Å². The Hall–Kier alpha value is -1.61. The Labute approximate surface area is 166 Å². The van der Waals surface area contributed by atoms with Crippen molar-refractivity contribution in [1.29, 1.82) is 0 Å². The predicted octanol–water partition coefficient (Wildman–Crippen LogP) is 2.38. The van der Waals surface area contributed by atoms with Crippen LogP contribution < -0.4 is 11.1 Å². The van der Waals surface area contributed by atoms with E-state index >= 15 is 0 Å². The molecule has 3 N–H and O–H groups in total. The van der Waals surface area contributed by atoms with Gasteiger partial charge in [0, 0.05) is 24.3 Å². The van der Waals surface area contributed by atoms with E-state index in [1.54, 1.807) is 0 Å². The third kappa shape index (κ3) is 5.43. The van der Waals surface area contributed by atoms with Crippen LogP contribution in [0.15, 0.2) is 47.7 Å². The van der Waals surface area contributed by atoms with Gasteiger partial charge in [0.15, 0.2) is 5.96 Å². The molecular weight excluding hydrogens is 427 g/mol. The van der Waals surface area contributed by atoms with E-state index in [2.05, 4.69) is 27.2 Å². The molecule has 0 radical (unpaired) electrons. The Morgan fingerprint density at radius 1 is 1.36 bits per heavy atom. The second kappa shape index (κ2) is 9.76. The van der Waals surface area contributed by atoms with Crippen molar-refractivity contribution in [1.82, 2.24) is 20.0 Å². The van der Waals surface area contributed by atoms with Crippen LogP contribution in [0.1, 0.15) is 25.3 Å². The minimum atomic E-state index is 0. The second-order valence-electron chi connectivity index (χ2n) is 6.14. The van der Waals surface area contributed by atoms with Crippen LogP contribution in [0.2, 0.25) is 0 Å². The van der Waals surface area contributed by atoms with Crippen LogP contribution in [0.25, 0.3) is 5.69 Å². The van der Waals surface area contributed by atoms with Gasteiger partial charge in [-0.25, -0.2) is 9.67 Å². The monoisotopic (exact) mass is 454 g/mol. The molecule has 1 fully saturated rings. The minimum absolute atomic E-state index is 0. The number of hydrogen-bond donors (Lipinski definition) is 2. The molecule has 0 bridgehead atoms. The summed E-state index contributed by atoms with van der Waals surface area (Å²) < 4.78 is 1.85. The fraction of sp³-hybridized carbons (Fsp3) is 0.444. The molecule has 1 aromatic heterocycles. The van der Waals surface area contributed by atoms with Crippen molar-refractivity contribution in [2.75, 3.05) is 19.6 Å². The van der Waals surface area contributed by atoms with Gasteiger partial charge >= 0.3 is 0 Å². The number of nitrogens with zero attached hydrogens (tertiary/aromatic N) is 4. The van der Waals surface area contributed by atoms with E-state index < -0.39 is 0 Å². The summed E-state index contributed by atoms with van der Waals surface area (Å²) in [6.07, 6.45) is 6.33. The van der Waals surface area contributed by atoms with Gasteiger partial charge in [-0.2, -0.15) is 5.10 Å². The zero-order chi connectivity index (χ0) is 16.8. The average Bonchev–Trinajstić information content (AvgIpc) is 3.28. The second-order valence-corrected chi connectivity index (χ2v) is 6.14. The standard InChI is InChI=1S/C18H26N6.HI/c1-2-23-10-6-9-17(23)13-21-18(19)20-11-15-12-22-24(14-15)16-7-4-3-5-8-16;/h3-5,7-8,12,14,17H,2,6,9-11,13H2,1H3,(H3,19,20,21);1H. The van der Waals surface area contributed by atoms with Crippen molar-refractivity contribution in [3.05, 3.63) is 48.3 Å². The van der Waals surface area contributed by atoms with Gasteiger partial charge in [-0.1, -0.05) is 25.1 Å². The number of likely N-dealkylation sites (N-methyl/N-ethyl adjacent to an activating group) is 1. The molecule has 1 aromatic carbocycles. The molecule has 7 heteroatoms. The van der Waals surface area contributed by atoms with Gasteiger partial charge in [-0.15, -0.1) is 24.0 Å². The number of halogens is 1. The van der Waals surface area contributed by atoms with Crippen molar-refractivity contribution in [3.8, 4) is 5.69 Å². The number of hydrogen-bond acceptors (Lipinski definition) is 3. The maximum atomic E-state index is 6.00. The summed E-state index contributed by atoms with van der Waals surface area (Å²) in [5.74, 6) is 0.505. The van der Waals surface area contributed by atoms with E-state index in [0.29, 0.717) is 18.5 Å². The van der Waals surface area contributed by atoms with E-state index in [0.717, 1.165) is 24.3 Å². The number of nitrogens with two attached hydrogens (primary N) is 1. The molecule has 1 saturated heterocycles. The Balaban J connectivity index is 0.00000225. The molecule has 1 aliphatic rings. The normalized spacial score (nSPS) is 18.1. The lowest BCUT2D eigenvalue weighted by molar-refractivity contribution is 0.267. The Morgan fingerprint density at radius 3 is 2.92 bits per heavy atom. The largest absolute Gasteiger partial charge is 0.370 e. The van der Waals surface area contributed by atoms with E-state index in [4.69, 9.17) is 5.73 Å². The Morgan fingerprint density at radius 2 is 2.16 bits per heavy atom. The lowest BCUT2D eigenvalue weighted by Crippen LogP contribution is -2.42. The average molecular weight is 454 g/mol. The van der Waals surface area contributed by atoms with E-state index in [9.17, 15) is 0 Å². The number of guanidine groups is 1. The SMILES string of the molecule is CCN1CCCC1CNC(N)=NCc1cnn(-c2ccccc2)c1.I. The summed E-state index contributed by atoms with van der Waals surface area (Å²) in [6, 6.07) is 10.6. The predicted molar refractivity (Wildman–Crippen MR) is 113 cm³/mol. The zero-order valence-electron chi connectivity index (χ0n) is 14.6. The number of para-hydroxylation sites is 1. The van der Waals surface area contributed by atoms with Crippen molar-refractivity contribution in [2.24, 2.45) is 10.7 Å². The van der Waals surface area contributed by atoms with Crippen LogP contribution in [0.3, 0.4) is 0 Å². The molecule has 0 saturated carbocycles. The van der Waals surface area contributed by atoms with Crippen molar-refractivity contribution in [2.45, 2.75) is 32.4 Å². The molecule has 25 heavy (non-hydrogen) atoms. The molecule has 1 atom stereocenters. The first-order valence-electron chi connectivity index (χ1n) is 8.63. The minimum Gasteiger partial charge on any atom is -0.370 e. The third-order valence-corrected chi connectivity index (χ3v) is 4.51. The van der Waals surface area contributed by atoms with Crippen LogP contribution in [-0.2, 0) is 6.54 Å². The van der Waals surface area contributed by atoms with Gasteiger partial charge < -0.3 is 11.1 Å². The summed E-state index contributed by atoms with van der Waals surface area (Å²) in [7, 11) is 0. The summed E-state index contributed by atoms with van der Waals surface area (Å²) in [4.78, 5) is 6.91. The van der Waals surface area contributed by atoms with Crippen LogP contribution >= 0.6 is 24.0 Å². The van der Waals surface area contributed by atoms with Gasteiger partial charge in [-0.05, 0) is 38.1 Å². The smallest absolute Gasteiger partial charge is 0.188 e. The first-order valence-corrected chi connectivity index (χ1v) is 8.63. The van der Waals surface area contributed by atoms with Gasteiger partial charge in [-0.3, -0.25) is 4.90 Å². The van der Waals surface area contributed by atoms with Crippen molar-refractivity contribution >= 4 is 29.9 Å². The molecule has 136 valence electrons. The fourth-order valence-electron chi connectivity index (χ4n) is 3.16. The zero-order valence-corrected chi connectivity index (χ0v) is 17.0. The van der Waals surface area contributed by atoms with Crippen LogP contribution in [0.4, 0.5) is 0 Å². The number of aliphatic imine (C=N–C) groups is 1. The molecule has 2 aromatic rings. The maximum Gasteiger partial charge on any atom is 0.188 e. The number of likely N-dealkylation sites (tertiary alicyclic amines) is 1. The maximum absolute atomic E-state index is 6.00. The molecule has 2 heterocycles. The van der Waals surface area contributed by atoms with Gasteiger partial charge in [0.25, 0.3) is 0 Å². The van der Waals surface area contributed by atoms with Crippen LogP contribution in [0.5, 0.6) is 0 Å². The lowest BCUT2D eigenvalue weighted by Gasteiger charge is -2.23. The Bertz CT molecular complexity index is 669. The summed E-state index contributed by atoms with van der Waals surface area (Å²) in [6.45, 7) is 5.90. The first kappa shape index (κ1) is 19.7. The molecule has 0 spiro atoms. The van der Waals surface area contributed by atoms with Gasteiger partial charge in [0.1, 0.15) is 0 Å². The lowest BCUT2D eigenvalue weighted by atomic mass is 10.2. The summed E-state index contributed by atoms with van der Waals surface area (Å²) in [5.41, 5.74) is 8.08. The number of aromatic nitrogens is 2. The quantitative estimate of drug-likeness (QED) is 0.400. The summed E-state index contributed by atoms with van der Waals surface area (Å²) in [5, 5.41) is 7.63. The van der Waals surface area contributed by atoms with E-state index in [1.165, 1.54) is 19.4 Å². The molecular formula is C18H27IN6. The van der Waals surface area contributed by atoms with Crippen molar-refractivity contribution in [3.63, 3.8) is 0 Å². The van der Waals surface area contributed by atoms with E-state index in [1.807, 2.05) is 47.4 Å². The number of nitrogens with one attached hydrogen (secondary N) is 1. The highest BCUT2D eigenvalue weighted by Crippen LogP contribution is 2.15. The highest BCUT2D eigenvalue weighted by atomic mass is 127. The topological polar surface area (TPSA) is 71.5 Å². The number of rotatable bonds is 6. The third-order valence-electron chi connectivity index (χ3n) is 4.51. The van der Waals surface area contributed by atoms with Gasteiger partial charge in [0.05, 0.1) is 18.4 Å². The Kier molecular flexibility index (Phi) is 7.70. The van der Waals surface area contributed by atoms with Crippen molar-refractivity contribution < 1.29 is 0 Å². The molecule has 1 aliphatic heterocycles.